The third-order valence-electron chi connectivity index (χ3n) is 3.83. The number of rotatable bonds is 4. The Morgan fingerprint density at radius 3 is 2.50 bits per heavy atom. The summed E-state index contributed by atoms with van der Waals surface area (Å²) in [6.07, 6.45) is 6.34. The Kier molecular flexibility index (Phi) is 3.42. The van der Waals surface area contributed by atoms with E-state index in [0.29, 0.717) is 11.5 Å². The number of nitrogens with one attached hydrogen (secondary N) is 1. The molecule has 2 rings (SSSR count). The van der Waals surface area contributed by atoms with Gasteiger partial charge in [-0.15, -0.1) is 0 Å². The Balaban J connectivity index is 1.69. The smallest absolute Gasteiger partial charge is 0.0480 e. The molecule has 0 aromatic heterocycles. The fourth-order valence-corrected chi connectivity index (χ4v) is 2.39. The Morgan fingerprint density at radius 1 is 1.29 bits per heavy atom. The van der Waals surface area contributed by atoms with Crippen molar-refractivity contribution in [2.45, 2.75) is 38.1 Å². The standard InChI is InChI=1S/C11H22N2O/c12-8-11(4-1-5-11)9-13-10-2-6-14-7-3-10/h10,13H,1-9,12H2. The van der Waals surface area contributed by atoms with Gasteiger partial charge in [-0.05, 0) is 37.6 Å². The topological polar surface area (TPSA) is 47.3 Å². The molecule has 0 bridgehead atoms. The van der Waals surface area contributed by atoms with Crippen LogP contribution in [0.5, 0.6) is 0 Å². The van der Waals surface area contributed by atoms with Crippen LogP contribution in [-0.4, -0.2) is 32.3 Å². The molecular weight excluding hydrogens is 176 g/mol. The van der Waals surface area contributed by atoms with E-state index < -0.39 is 0 Å². The van der Waals surface area contributed by atoms with E-state index in [2.05, 4.69) is 5.32 Å². The van der Waals surface area contributed by atoms with Crippen LogP contribution in [-0.2, 0) is 4.74 Å². The van der Waals surface area contributed by atoms with E-state index in [0.717, 1.165) is 26.3 Å². The molecule has 0 unspecified atom stereocenters. The summed E-state index contributed by atoms with van der Waals surface area (Å²) in [7, 11) is 0. The van der Waals surface area contributed by atoms with Crippen molar-refractivity contribution in [1.29, 1.82) is 0 Å². The molecule has 1 heterocycles. The van der Waals surface area contributed by atoms with Crippen LogP contribution in [0.2, 0.25) is 0 Å². The first-order valence-electron chi connectivity index (χ1n) is 5.86. The van der Waals surface area contributed by atoms with Crippen molar-refractivity contribution in [1.82, 2.24) is 5.32 Å². The summed E-state index contributed by atoms with van der Waals surface area (Å²) >= 11 is 0. The molecular formula is C11H22N2O. The molecule has 1 aliphatic carbocycles. The number of nitrogens with two attached hydrogens (primary N) is 1. The van der Waals surface area contributed by atoms with E-state index in [1.807, 2.05) is 0 Å². The van der Waals surface area contributed by atoms with Gasteiger partial charge >= 0.3 is 0 Å². The second kappa shape index (κ2) is 4.60. The molecule has 14 heavy (non-hydrogen) atoms. The monoisotopic (exact) mass is 198 g/mol. The molecule has 0 amide bonds. The molecule has 3 heteroatoms. The maximum atomic E-state index is 5.82. The average molecular weight is 198 g/mol. The molecule has 1 saturated carbocycles. The van der Waals surface area contributed by atoms with Crippen molar-refractivity contribution in [2.75, 3.05) is 26.3 Å². The molecule has 0 aromatic rings. The van der Waals surface area contributed by atoms with Gasteiger partial charge in [0.1, 0.15) is 0 Å². The zero-order chi connectivity index (χ0) is 9.86. The molecule has 82 valence electrons. The maximum absolute atomic E-state index is 5.82. The van der Waals surface area contributed by atoms with Crippen molar-refractivity contribution < 1.29 is 4.74 Å². The molecule has 0 aromatic carbocycles. The Bertz CT molecular complexity index is 169. The predicted octanol–water partition coefficient (Wildman–Crippen LogP) is 0.884. The van der Waals surface area contributed by atoms with Crippen LogP contribution in [0.15, 0.2) is 0 Å². The molecule has 2 fully saturated rings. The summed E-state index contributed by atoms with van der Waals surface area (Å²) in [6.45, 7) is 3.82. The van der Waals surface area contributed by atoms with Crippen molar-refractivity contribution >= 4 is 0 Å². The van der Waals surface area contributed by atoms with Crippen molar-refractivity contribution in [3.63, 3.8) is 0 Å². The summed E-state index contributed by atoms with van der Waals surface area (Å²) in [5, 5.41) is 3.66. The molecule has 1 aliphatic heterocycles. The van der Waals surface area contributed by atoms with Crippen LogP contribution in [0, 0.1) is 5.41 Å². The second-order valence-corrected chi connectivity index (χ2v) is 4.83. The molecule has 3 nitrogen and oxygen atoms in total. The lowest BCUT2D eigenvalue weighted by atomic mass is 9.68. The molecule has 2 aliphatic rings. The Morgan fingerprint density at radius 2 is 2.00 bits per heavy atom. The van der Waals surface area contributed by atoms with E-state index in [1.54, 1.807) is 0 Å². The van der Waals surface area contributed by atoms with Crippen LogP contribution in [0.1, 0.15) is 32.1 Å². The predicted molar refractivity (Wildman–Crippen MR) is 57.2 cm³/mol. The first-order chi connectivity index (χ1) is 6.85. The number of hydrogen-bond donors (Lipinski definition) is 2. The van der Waals surface area contributed by atoms with Gasteiger partial charge in [-0.1, -0.05) is 6.42 Å². The lowest BCUT2D eigenvalue weighted by Gasteiger charge is -2.42. The van der Waals surface area contributed by atoms with Crippen molar-refractivity contribution in [3.8, 4) is 0 Å². The first-order valence-corrected chi connectivity index (χ1v) is 5.86. The second-order valence-electron chi connectivity index (χ2n) is 4.83. The van der Waals surface area contributed by atoms with Crippen molar-refractivity contribution in [3.05, 3.63) is 0 Å². The Hall–Kier alpha value is -0.120. The maximum Gasteiger partial charge on any atom is 0.0480 e. The van der Waals surface area contributed by atoms with Crippen molar-refractivity contribution in [2.24, 2.45) is 11.1 Å². The quantitative estimate of drug-likeness (QED) is 0.705. The third kappa shape index (κ3) is 2.27. The highest BCUT2D eigenvalue weighted by atomic mass is 16.5. The van der Waals surface area contributed by atoms with E-state index in [4.69, 9.17) is 10.5 Å². The van der Waals surface area contributed by atoms with E-state index in [1.165, 1.54) is 32.1 Å². The molecule has 3 N–H and O–H groups in total. The summed E-state index contributed by atoms with van der Waals surface area (Å²) in [4.78, 5) is 0. The van der Waals surface area contributed by atoms with E-state index >= 15 is 0 Å². The van der Waals surface area contributed by atoms with Gasteiger partial charge < -0.3 is 15.8 Å². The van der Waals surface area contributed by atoms with Crippen LogP contribution >= 0.6 is 0 Å². The molecule has 1 saturated heterocycles. The first kappa shape index (κ1) is 10.4. The minimum absolute atomic E-state index is 0.443. The van der Waals surface area contributed by atoms with Gasteiger partial charge in [0.2, 0.25) is 0 Å². The van der Waals surface area contributed by atoms with Crippen LogP contribution < -0.4 is 11.1 Å². The van der Waals surface area contributed by atoms with Gasteiger partial charge in [0.05, 0.1) is 0 Å². The van der Waals surface area contributed by atoms with Gasteiger partial charge in [0, 0.05) is 25.8 Å². The summed E-state index contributed by atoms with van der Waals surface area (Å²) in [5.41, 5.74) is 6.26. The molecule has 0 spiro atoms. The fraction of sp³-hybridized carbons (Fsp3) is 1.00. The average Bonchev–Trinajstić information content (AvgIpc) is 2.19. The zero-order valence-electron chi connectivity index (χ0n) is 8.93. The SMILES string of the molecule is NCC1(CNC2CCOCC2)CCC1. The minimum Gasteiger partial charge on any atom is -0.381 e. The fourth-order valence-electron chi connectivity index (χ4n) is 2.39. The lowest BCUT2D eigenvalue weighted by Crippen LogP contribution is -2.49. The van der Waals surface area contributed by atoms with Gasteiger partial charge in [-0.25, -0.2) is 0 Å². The van der Waals surface area contributed by atoms with Crippen LogP contribution in [0.4, 0.5) is 0 Å². The lowest BCUT2D eigenvalue weighted by molar-refractivity contribution is 0.0666. The minimum atomic E-state index is 0.443. The molecule has 0 radical (unpaired) electrons. The molecule has 0 atom stereocenters. The van der Waals surface area contributed by atoms with Gasteiger partial charge in [0.25, 0.3) is 0 Å². The highest BCUT2D eigenvalue weighted by molar-refractivity contribution is 4.91. The number of hydrogen-bond acceptors (Lipinski definition) is 3. The highest BCUT2D eigenvalue weighted by Crippen LogP contribution is 2.39. The highest BCUT2D eigenvalue weighted by Gasteiger charge is 2.35. The zero-order valence-corrected chi connectivity index (χ0v) is 8.93. The van der Waals surface area contributed by atoms with E-state index in [9.17, 15) is 0 Å². The van der Waals surface area contributed by atoms with E-state index in [-0.39, 0.29) is 0 Å². The van der Waals surface area contributed by atoms with Crippen LogP contribution in [0.25, 0.3) is 0 Å². The van der Waals surface area contributed by atoms with Gasteiger partial charge in [0.15, 0.2) is 0 Å². The van der Waals surface area contributed by atoms with Crippen LogP contribution in [0.3, 0.4) is 0 Å². The number of ether oxygens (including phenoxy) is 1. The summed E-state index contributed by atoms with van der Waals surface area (Å²) in [5.74, 6) is 0. The van der Waals surface area contributed by atoms with Gasteiger partial charge in [-0.3, -0.25) is 0 Å². The summed E-state index contributed by atoms with van der Waals surface area (Å²) in [6, 6.07) is 0.674. The normalized spacial score (nSPS) is 27.2. The summed E-state index contributed by atoms with van der Waals surface area (Å²) < 4.78 is 5.33. The Labute approximate surface area is 86.4 Å². The largest absolute Gasteiger partial charge is 0.381 e. The third-order valence-corrected chi connectivity index (χ3v) is 3.83. The van der Waals surface area contributed by atoms with Gasteiger partial charge in [-0.2, -0.15) is 0 Å².